The summed E-state index contributed by atoms with van der Waals surface area (Å²) in [7, 11) is 0. The fourth-order valence-electron chi connectivity index (χ4n) is 3.28. The number of benzene rings is 1. The van der Waals surface area contributed by atoms with Crippen molar-refractivity contribution in [1.29, 1.82) is 0 Å². The number of nitrogens with one attached hydrogen (secondary N) is 1. The van der Waals surface area contributed by atoms with Crippen LogP contribution in [0.1, 0.15) is 34.3 Å². The van der Waals surface area contributed by atoms with Crippen molar-refractivity contribution in [2.75, 3.05) is 12.4 Å². The van der Waals surface area contributed by atoms with Crippen LogP contribution in [0.4, 0.5) is 0 Å². The number of carbonyl (C=O) groups is 1. The maximum Gasteiger partial charge on any atom is 0.230 e. The van der Waals surface area contributed by atoms with Gasteiger partial charge >= 0.3 is 0 Å². The van der Waals surface area contributed by atoms with Gasteiger partial charge in [0.1, 0.15) is 21.4 Å². The minimum Gasteiger partial charge on any atom is -0.493 e. The van der Waals surface area contributed by atoms with Crippen LogP contribution in [-0.2, 0) is 4.79 Å². The largest absolute Gasteiger partial charge is 0.493 e. The highest BCUT2D eigenvalue weighted by molar-refractivity contribution is 8.00. The molecule has 0 aliphatic carbocycles. The number of rotatable bonds is 4. The molecule has 1 amide bonds. The van der Waals surface area contributed by atoms with Crippen LogP contribution >= 0.6 is 23.1 Å². The van der Waals surface area contributed by atoms with Gasteiger partial charge in [0.15, 0.2) is 0 Å². The van der Waals surface area contributed by atoms with Gasteiger partial charge in [0, 0.05) is 22.2 Å². The van der Waals surface area contributed by atoms with Crippen molar-refractivity contribution in [3.63, 3.8) is 0 Å². The zero-order valence-corrected chi connectivity index (χ0v) is 17.2. The van der Waals surface area contributed by atoms with E-state index in [0.717, 1.165) is 38.8 Å². The van der Waals surface area contributed by atoms with E-state index in [4.69, 9.17) is 4.74 Å². The molecule has 1 atom stereocenters. The van der Waals surface area contributed by atoms with Gasteiger partial charge in [-0.2, -0.15) is 0 Å². The number of nitrogens with zero attached hydrogens (tertiary/aromatic N) is 2. The Morgan fingerprint density at radius 1 is 1.30 bits per heavy atom. The number of para-hydroxylation sites is 1. The predicted molar refractivity (Wildman–Crippen MR) is 110 cm³/mol. The molecule has 5 nitrogen and oxygen atoms in total. The van der Waals surface area contributed by atoms with Gasteiger partial charge in [0.05, 0.1) is 18.4 Å². The molecule has 1 aliphatic heterocycles. The van der Waals surface area contributed by atoms with Crippen molar-refractivity contribution in [2.24, 2.45) is 0 Å². The Hall–Kier alpha value is -2.12. The molecule has 0 fully saturated rings. The number of carbonyl (C=O) groups excluding carboxylic acids is 1. The van der Waals surface area contributed by atoms with Gasteiger partial charge in [-0.3, -0.25) is 4.79 Å². The molecule has 0 spiro atoms. The van der Waals surface area contributed by atoms with Crippen molar-refractivity contribution < 1.29 is 9.53 Å². The van der Waals surface area contributed by atoms with Crippen LogP contribution in [0.3, 0.4) is 0 Å². The fourth-order valence-corrected chi connectivity index (χ4v) is 5.36. The molecule has 1 aliphatic rings. The van der Waals surface area contributed by atoms with Gasteiger partial charge in [-0.05, 0) is 32.4 Å². The second-order valence-corrected chi connectivity index (χ2v) is 8.79. The summed E-state index contributed by atoms with van der Waals surface area (Å²) < 4.78 is 5.67. The van der Waals surface area contributed by atoms with Crippen LogP contribution in [0.5, 0.6) is 5.75 Å². The molecule has 140 valence electrons. The molecule has 4 rings (SSSR count). The zero-order valence-electron chi connectivity index (χ0n) is 15.5. The van der Waals surface area contributed by atoms with Crippen LogP contribution in [0.15, 0.2) is 29.3 Å². The Morgan fingerprint density at radius 2 is 2.11 bits per heavy atom. The first-order valence-corrected chi connectivity index (χ1v) is 10.7. The van der Waals surface area contributed by atoms with E-state index in [1.807, 2.05) is 31.2 Å². The SMILES string of the molecule is Cc1nc(SCC(=O)NC2CCOc3ccccc32)c2c(C)c(C)sc2n1. The third kappa shape index (κ3) is 3.66. The van der Waals surface area contributed by atoms with Crippen molar-refractivity contribution in [3.8, 4) is 5.75 Å². The Kier molecular flexibility index (Phi) is 5.06. The van der Waals surface area contributed by atoms with Crippen LogP contribution in [0, 0.1) is 20.8 Å². The number of fused-ring (bicyclic) bond motifs is 2. The molecule has 7 heteroatoms. The van der Waals surface area contributed by atoms with E-state index in [2.05, 4.69) is 29.1 Å². The molecule has 0 radical (unpaired) electrons. The highest BCUT2D eigenvalue weighted by Gasteiger charge is 2.23. The number of hydrogen-bond donors (Lipinski definition) is 1. The Labute approximate surface area is 166 Å². The summed E-state index contributed by atoms with van der Waals surface area (Å²) in [6, 6.07) is 7.89. The lowest BCUT2D eigenvalue weighted by molar-refractivity contribution is -0.119. The van der Waals surface area contributed by atoms with Gasteiger partial charge in [-0.25, -0.2) is 9.97 Å². The molecule has 3 aromatic rings. The van der Waals surface area contributed by atoms with E-state index in [9.17, 15) is 4.79 Å². The van der Waals surface area contributed by atoms with Gasteiger partial charge in [-0.15, -0.1) is 11.3 Å². The lowest BCUT2D eigenvalue weighted by Crippen LogP contribution is -2.33. The highest BCUT2D eigenvalue weighted by Crippen LogP contribution is 2.35. The van der Waals surface area contributed by atoms with Crippen molar-refractivity contribution in [3.05, 3.63) is 46.1 Å². The first kappa shape index (κ1) is 18.3. The summed E-state index contributed by atoms with van der Waals surface area (Å²) in [5.41, 5.74) is 2.25. The molecule has 0 saturated heterocycles. The minimum absolute atomic E-state index is 0.000308. The maximum absolute atomic E-state index is 12.6. The van der Waals surface area contributed by atoms with E-state index in [1.54, 1.807) is 11.3 Å². The zero-order chi connectivity index (χ0) is 19.0. The number of amides is 1. The summed E-state index contributed by atoms with van der Waals surface area (Å²) in [4.78, 5) is 24.0. The topological polar surface area (TPSA) is 64.1 Å². The van der Waals surface area contributed by atoms with E-state index in [1.165, 1.54) is 22.2 Å². The molecule has 1 unspecified atom stereocenters. The second kappa shape index (κ2) is 7.48. The normalized spacial score (nSPS) is 16.0. The van der Waals surface area contributed by atoms with Crippen molar-refractivity contribution >= 4 is 39.2 Å². The van der Waals surface area contributed by atoms with E-state index >= 15 is 0 Å². The second-order valence-electron chi connectivity index (χ2n) is 6.62. The van der Waals surface area contributed by atoms with Gasteiger partial charge in [0.25, 0.3) is 0 Å². The molecule has 2 aromatic heterocycles. The number of hydrogen-bond acceptors (Lipinski definition) is 6. The first-order valence-electron chi connectivity index (χ1n) is 8.91. The lowest BCUT2D eigenvalue weighted by atomic mass is 10.0. The van der Waals surface area contributed by atoms with Crippen LogP contribution in [0.2, 0.25) is 0 Å². The molecular weight excluding hydrogens is 378 g/mol. The fraction of sp³-hybridized carbons (Fsp3) is 0.350. The predicted octanol–water partition coefficient (Wildman–Crippen LogP) is 4.35. The molecule has 3 heterocycles. The number of ether oxygens (including phenoxy) is 1. The minimum atomic E-state index is 0.000308. The van der Waals surface area contributed by atoms with Gasteiger partial charge in [0.2, 0.25) is 5.91 Å². The lowest BCUT2D eigenvalue weighted by Gasteiger charge is -2.26. The highest BCUT2D eigenvalue weighted by atomic mass is 32.2. The first-order chi connectivity index (χ1) is 13.0. The molecular formula is C20H21N3O2S2. The summed E-state index contributed by atoms with van der Waals surface area (Å²) in [6.07, 6.45) is 0.785. The maximum atomic E-state index is 12.6. The summed E-state index contributed by atoms with van der Waals surface area (Å²) in [5, 5.41) is 5.12. The summed E-state index contributed by atoms with van der Waals surface area (Å²) in [5.74, 6) is 1.94. The van der Waals surface area contributed by atoms with Crippen LogP contribution in [0.25, 0.3) is 10.2 Å². The Balaban J connectivity index is 1.49. The van der Waals surface area contributed by atoms with E-state index in [-0.39, 0.29) is 11.9 Å². The number of thiophene rings is 1. The van der Waals surface area contributed by atoms with Crippen LogP contribution in [-0.4, -0.2) is 28.2 Å². The number of aryl methyl sites for hydroxylation is 3. The van der Waals surface area contributed by atoms with Crippen molar-refractivity contribution in [1.82, 2.24) is 15.3 Å². The van der Waals surface area contributed by atoms with Crippen molar-refractivity contribution in [2.45, 2.75) is 38.3 Å². The molecule has 1 aromatic carbocycles. The quantitative estimate of drug-likeness (QED) is 0.522. The molecule has 0 saturated carbocycles. The molecule has 27 heavy (non-hydrogen) atoms. The standard InChI is InChI=1S/C20H21N3O2S2/c1-11-12(2)27-20-18(11)19(21-13(3)22-20)26-10-17(24)23-15-8-9-25-16-7-5-4-6-14(15)16/h4-7,15H,8-10H2,1-3H3,(H,23,24). The average molecular weight is 400 g/mol. The third-order valence-corrected chi connectivity index (χ3v) is 6.82. The third-order valence-electron chi connectivity index (χ3n) is 4.74. The summed E-state index contributed by atoms with van der Waals surface area (Å²) >= 11 is 3.17. The van der Waals surface area contributed by atoms with Gasteiger partial charge < -0.3 is 10.1 Å². The monoisotopic (exact) mass is 399 g/mol. The average Bonchev–Trinajstić information content (AvgIpc) is 2.94. The van der Waals surface area contributed by atoms with Gasteiger partial charge in [-0.1, -0.05) is 30.0 Å². The van der Waals surface area contributed by atoms with E-state index < -0.39 is 0 Å². The number of thioether (sulfide) groups is 1. The number of aromatic nitrogens is 2. The van der Waals surface area contributed by atoms with E-state index in [0.29, 0.717) is 12.4 Å². The van der Waals surface area contributed by atoms with Crippen LogP contribution < -0.4 is 10.1 Å². The Bertz CT molecular complexity index is 1020. The summed E-state index contributed by atoms with van der Waals surface area (Å²) in [6.45, 7) is 6.71. The smallest absolute Gasteiger partial charge is 0.230 e. The molecule has 0 bridgehead atoms. The Morgan fingerprint density at radius 3 is 2.96 bits per heavy atom. The molecule has 1 N–H and O–H groups in total.